The Morgan fingerprint density at radius 2 is 0.636 bits per heavy atom. The van der Waals surface area contributed by atoms with E-state index < -0.39 is 16.5 Å². The third-order valence-corrected chi connectivity index (χ3v) is 8.85. The first-order chi connectivity index (χ1) is 8.26. The maximum absolute atomic E-state index is 4.82. The van der Waals surface area contributed by atoms with Crippen molar-refractivity contribution in [3.8, 4) is 0 Å². The fourth-order valence-electron chi connectivity index (χ4n) is 2.41. The molecule has 1 saturated carbocycles. The van der Waals surface area contributed by atoms with E-state index in [1.165, 1.54) is 29.6 Å². The molecule has 4 heteroatoms. The quantitative estimate of drug-likeness (QED) is 0.369. The van der Waals surface area contributed by atoms with Gasteiger partial charge in [0.15, 0.2) is 0 Å². The molecule has 0 spiro atoms. The van der Waals surface area contributed by atoms with Gasteiger partial charge in [0.1, 0.15) is 0 Å². The Labute approximate surface area is 160 Å². The van der Waals surface area contributed by atoms with Crippen LogP contribution in [0.2, 0.25) is 39.3 Å². The van der Waals surface area contributed by atoms with Crippen LogP contribution in [0.4, 0.5) is 0 Å². The van der Waals surface area contributed by atoms with Crippen LogP contribution in [0.1, 0.15) is 34.6 Å². The summed E-state index contributed by atoms with van der Waals surface area (Å²) >= 11 is 0. The Balaban J connectivity index is -0.000000130. The maximum atomic E-state index is 4.82. The average Bonchev–Trinajstić information content (AvgIpc) is 2.32. The second-order valence-corrected chi connectivity index (χ2v) is 17.2. The van der Waals surface area contributed by atoms with Gasteiger partial charge in [-0.05, 0) is 29.6 Å². The molecule has 0 aromatic carbocycles. The summed E-state index contributed by atoms with van der Waals surface area (Å²) in [4.78, 5) is 0. The normalized spacial score (nSPS) is 18.7. The van der Waals surface area contributed by atoms with Crippen molar-refractivity contribution in [3.05, 3.63) is 49.1 Å². The van der Waals surface area contributed by atoms with Gasteiger partial charge in [-0.15, -0.1) is 0 Å². The van der Waals surface area contributed by atoms with E-state index in [-0.39, 0.29) is 36.6 Å². The Morgan fingerprint density at radius 3 is 0.682 bits per heavy atom. The molecule has 1 aliphatic carbocycles. The van der Waals surface area contributed by atoms with E-state index in [1.54, 1.807) is 0 Å². The summed E-state index contributed by atoms with van der Waals surface area (Å²) in [7, 11) is -2.21. The van der Waals surface area contributed by atoms with Gasteiger partial charge in [0.05, 0.1) is 0 Å². The first-order valence-electron chi connectivity index (χ1n) is 7.20. The summed E-state index contributed by atoms with van der Waals surface area (Å²) in [5.74, 6) is 7.34. The second kappa shape index (κ2) is 11.6. The molecule has 0 N–H and O–H groups in total. The minimum Gasteiger partial charge on any atom is -0.668 e. The molecule has 0 unspecified atom stereocenters. The molecule has 0 heterocycles. The molecule has 1 nitrogen and oxygen atoms in total. The third kappa shape index (κ3) is 11.6. The van der Waals surface area contributed by atoms with Gasteiger partial charge in [-0.3, -0.25) is 0 Å². The fraction of sp³-hybridized carbons (Fsp3) is 0.611. The molecule has 1 aliphatic rings. The molecular formula is C18H39NSi2Ti+. The zero-order chi connectivity index (χ0) is 15.6. The zero-order valence-corrected chi connectivity index (χ0v) is 21.0. The Hall–Kier alpha value is 1.11. The molecule has 0 aromatic heterocycles. The van der Waals surface area contributed by atoms with Gasteiger partial charge in [-0.2, -0.15) is 0 Å². The summed E-state index contributed by atoms with van der Waals surface area (Å²) in [5.41, 5.74) is 0. The average molecular weight is 374 g/mol. The van der Waals surface area contributed by atoms with Crippen molar-refractivity contribution in [2.24, 2.45) is 0 Å². The van der Waals surface area contributed by atoms with Gasteiger partial charge < -0.3 is 19.5 Å². The first-order valence-corrected chi connectivity index (χ1v) is 14.1. The van der Waals surface area contributed by atoms with Crippen LogP contribution in [0.3, 0.4) is 0 Å². The van der Waals surface area contributed by atoms with Crippen LogP contribution in [-0.4, -0.2) is 16.5 Å². The molecule has 1 fully saturated rings. The Morgan fingerprint density at radius 1 is 0.500 bits per heavy atom. The van der Waals surface area contributed by atoms with E-state index in [1.807, 2.05) is 0 Å². The Kier molecular flexibility index (Phi) is 16.3. The van der Waals surface area contributed by atoms with Gasteiger partial charge in [-0.1, -0.05) is 90.4 Å². The Bertz CT molecular complexity index is 214. The number of rotatable bonds is 2. The van der Waals surface area contributed by atoms with E-state index in [4.69, 9.17) is 4.65 Å². The molecule has 22 heavy (non-hydrogen) atoms. The summed E-state index contributed by atoms with van der Waals surface area (Å²) in [6.07, 6.45) is 0. The van der Waals surface area contributed by atoms with Crippen molar-refractivity contribution >= 4 is 16.5 Å². The zero-order valence-electron chi connectivity index (χ0n) is 17.4. The molecule has 0 bridgehead atoms. The monoisotopic (exact) mass is 373 g/mol. The first kappa shape index (κ1) is 30.9. The number of nitrogens with zero attached hydrogens (tertiary/aromatic N) is 1. The number of hydrogen-bond acceptors (Lipinski definition) is 0. The molecule has 0 saturated heterocycles. The fourth-order valence-corrected chi connectivity index (χ4v) is 10.5. The van der Waals surface area contributed by atoms with E-state index >= 15 is 0 Å². The summed E-state index contributed by atoms with van der Waals surface area (Å²) in [6, 6.07) is 0. The van der Waals surface area contributed by atoms with E-state index in [9.17, 15) is 0 Å². The van der Waals surface area contributed by atoms with Crippen molar-refractivity contribution < 1.29 is 21.7 Å². The molecule has 127 valence electrons. The predicted octanol–water partition coefficient (Wildman–Crippen LogP) is 6.90. The SMILES string of the molecule is C[C]1[C](C)[C](C)[C](C)[C]1C.C[Si](C)(C)[N-][Si](C)(C)C.[CH3-].[CH3-].[Ti+4]. The van der Waals surface area contributed by atoms with Crippen LogP contribution >= 0.6 is 0 Å². The van der Waals surface area contributed by atoms with Gasteiger partial charge in [-0.25, -0.2) is 0 Å². The second-order valence-electron chi connectivity index (χ2n) is 7.58. The van der Waals surface area contributed by atoms with Crippen LogP contribution in [0.15, 0.2) is 0 Å². The van der Waals surface area contributed by atoms with Crippen LogP contribution in [0.25, 0.3) is 4.65 Å². The summed E-state index contributed by atoms with van der Waals surface area (Å²) < 4.78 is 4.82. The van der Waals surface area contributed by atoms with Crippen molar-refractivity contribution in [3.63, 3.8) is 0 Å². The van der Waals surface area contributed by atoms with Crippen molar-refractivity contribution in [1.29, 1.82) is 0 Å². The van der Waals surface area contributed by atoms with Crippen molar-refractivity contribution in [2.75, 3.05) is 0 Å². The van der Waals surface area contributed by atoms with Gasteiger partial charge >= 0.3 is 21.7 Å². The molecular weight excluding hydrogens is 334 g/mol. The molecule has 5 radical (unpaired) electrons. The topological polar surface area (TPSA) is 14.1 Å². The van der Waals surface area contributed by atoms with Crippen LogP contribution in [0.5, 0.6) is 0 Å². The summed E-state index contributed by atoms with van der Waals surface area (Å²) in [6.45, 7) is 24.8. The third-order valence-electron chi connectivity index (χ3n) is 3.48. The molecule has 0 amide bonds. The van der Waals surface area contributed by atoms with E-state index in [2.05, 4.69) is 73.9 Å². The van der Waals surface area contributed by atoms with E-state index in [0.29, 0.717) is 0 Å². The standard InChI is InChI=1S/C10H15.C6H18NSi2.2CH3.Ti/c1-6-7(2)9(4)10(5)8(6)3;1-8(2,3)7-9(4,5)6;;;/h1-5H3;1-6H3;2*1H3;/q;3*-1;+4. The predicted molar refractivity (Wildman–Crippen MR) is 107 cm³/mol. The van der Waals surface area contributed by atoms with Crippen molar-refractivity contribution in [2.45, 2.75) is 73.9 Å². The van der Waals surface area contributed by atoms with Crippen molar-refractivity contribution in [1.82, 2.24) is 0 Å². The minimum absolute atomic E-state index is 0. The minimum atomic E-state index is -1.11. The largest absolute Gasteiger partial charge is 4.00 e. The molecule has 0 atom stereocenters. The molecule has 0 aliphatic heterocycles. The van der Waals surface area contributed by atoms with Gasteiger partial charge in [0.2, 0.25) is 0 Å². The van der Waals surface area contributed by atoms with Crippen LogP contribution in [-0.2, 0) is 21.7 Å². The number of hydrogen-bond donors (Lipinski definition) is 0. The van der Waals surface area contributed by atoms with Gasteiger partial charge in [0.25, 0.3) is 0 Å². The van der Waals surface area contributed by atoms with E-state index in [0.717, 1.165) is 0 Å². The van der Waals surface area contributed by atoms with Crippen LogP contribution < -0.4 is 0 Å². The van der Waals surface area contributed by atoms with Crippen LogP contribution in [0, 0.1) is 44.4 Å². The smallest absolute Gasteiger partial charge is 0.668 e. The summed E-state index contributed by atoms with van der Waals surface area (Å²) in [5, 5.41) is 0. The van der Waals surface area contributed by atoms with Gasteiger partial charge in [0, 0.05) is 0 Å². The maximum Gasteiger partial charge on any atom is 4.00 e. The molecule has 0 aromatic rings. The molecule has 1 rings (SSSR count).